The molecule has 0 saturated heterocycles. The van der Waals surface area contributed by atoms with E-state index in [1.54, 1.807) is 12.3 Å². The number of fused-ring (bicyclic) bond motifs is 1. The van der Waals surface area contributed by atoms with Gasteiger partial charge >= 0.3 is 0 Å². The zero-order valence-corrected chi connectivity index (χ0v) is 14.6. The topological polar surface area (TPSA) is 33.1 Å². The summed E-state index contributed by atoms with van der Waals surface area (Å²) < 4.78 is 1.22. The monoisotopic (exact) mass is 403 g/mol. The summed E-state index contributed by atoms with van der Waals surface area (Å²) in [5.74, 6) is 0.289. The number of nitrogens with zero attached hydrogens (tertiary/aromatic N) is 1. The third-order valence-corrected chi connectivity index (χ3v) is 3.06. The Hall–Kier alpha value is -1.88. The van der Waals surface area contributed by atoms with E-state index < -0.39 is 0 Å². The summed E-state index contributed by atoms with van der Waals surface area (Å²) in [5, 5.41) is 10.8. The van der Waals surface area contributed by atoms with Gasteiger partial charge in [-0.3, -0.25) is 4.98 Å². The summed E-state index contributed by atoms with van der Waals surface area (Å²) in [4.78, 5) is 4.33. The second kappa shape index (κ2) is 8.54. The predicted molar refractivity (Wildman–Crippen MR) is 103 cm³/mol. The SMILES string of the molecule is CCI.Oc1ccccc1C=Cc1ccnc2ccccc12. The Balaban J connectivity index is 0.000000545. The summed E-state index contributed by atoms with van der Waals surface area (Å²) in [6.45, 7) is 2.11. The normalized spacial score (nSPS) is 10.5. The number of aromatic nitrogens is 1. The molecule has 0 radical (unpaired) electrons. The van der Waals surface area contributed by atoms with Crippen molar-refractivity contribution in [1.29, 1.82) is 0 Å². The minimum absolute atomic E-state index is 0.289. The zero-order chi connectivity index (χ0) is 15.8. The number of halogens is 1. The maximum absolute atomic E-state index is 9.74. The second-order valence-electron chi connectivity index (χ2n) is 4.58. The maximum Gasteiger partial charge on any atom is 0.122 e. The molecule has 0 saturated carbocycles. The fourth-order valence-corrected chi connectivity index (χ4v) is 2.07. The Morgan fingerprint density at radius 2 is 1.59 bits per heavy atom. The molecule has 3 rings (SSSR count). The quantitative estimate of drug-likeness (QED) is 0.450. The van der Waals surface area contributed by atoms with Gasteiger partial charge in [-0.1, -0.05) is 78.1 Å². The van der Waals surface area contributed by atoms with Crippen LogP contribution in [0.2, 0.25) is 0 Å². The Morgan fingerprint density at radius 1 is 0.955 bits per heavy atom. The van der Waals surface area contributed by atoms with Gasteiger partial charge in [-0.15, -0.1) is 0 Å². The Bertz CT molecular complexity index is 763. The highest BCUT2D eigenvalue weighted by atomic mass is 127. The molecule has 0 aliphatic carbocycles. The first-order valence-corrected chi connectivity index (χ1v) is 8.64. The van der Waals surface area contributed by atoms with Crippen molar-refractivity contribution in [2.75, 3.05) is 4.43 Å². The van der Waals surface area contributed by atoms with Gasteiger partial charge in [-0.2, -0.15) is 0 Å². The fourth-order valence-electron chi connectivity index (χ4n) is 2.07. The van der Waals surface area contributed by atoms with E-state index in [0.717, 1.165) is 22.0 Å². The number of hydrogen-bond acceptors (Lipinski definition) is 2. The van der Waals surface area contributed by atoms with Gasteiger partial charge in [0.1, 0.15) is 5.75 Å². The van der Waals surface area contributed by atoms with E-state index in [1.165, 1.54) is 4.43 Å². The van der Waals surface area contributed by atoms with E-state index in [-0.39, 0.29) is 5.75 Å². The molecule has 1 heterocycles. The van der Waals surface area contributed by atoms with Crippen molar-refractivity contribution in [3.8, 4) is 5.75 Å². The van der Waals surface area contributed by atoms with Crippen molar-refractivity contribution in [3.63, 3.8) is 0 Å². The molecular formula is C19H18INO. The number of hydrogen-bond donors (Lipinski definition) is 1. The molecule has 0 unspecified atom stereocenters. The van der Waals surface area contributed by atoms with Crippen molar-refractivity contribution in [3.05, 3.63) is 71.9 Å². The molecule has 0 spiro atoms. The molecule has 112 valence electrons. The van der Waals surface area contributed by atoms with Crippen LogP contribution in [0.25, 0.3) is 23.1 Å². The number of aromatic hydroxyl groups is 1. The third-order valence-electron chi connectivity index (χ3n) is 3.06. The van der Waals surface area contributed by atoms with Crippen LogP contribution in [0.15, 0.2) is 60.8 Å². The van der Waals surface area contributed by atoms with Gasteiger partial charge in [0.2, 0.25) is 0 Å². The second-order valence-corrected chi connectivity index (χ2v) is 6.10. The van der Waals surface area contributed by atoms with E-state index in [4.69, 9.17) is 0 Å². The largest absolute Gasteiger partial charge is 0.507 e. The van der Waals surface area contributed by atoms with Gasteiger partial charge in [-0.25, -0.2) is 0 Å². The number of benzene rings is 2. The van der Waals surface area contributed by atoms with Crippen molar-refractivity contribution in [1.82, 2.24) is 4.98 Å². The number of rotatable bonds is 2. The molecule has 2 aromatic carbocycles. The predicted octanol–water partition coefficient (Wildman–Crippen LogP) is 5.55. The van der Waals surface area contributed by atoms with Gasteiger partial charge in [0.25, 0.3) is 0 Å². The van der Waals surface area contributed by atoms with Gasteiger partial charge < -0.3 is 5.11 Å². The summed E-state index contributed by atoms with van der Waals surface area (Å²) in [7, 11) is 0. The van der Waals surface area contributed by atoms with Gasteiger partial charge in [0.05, 0.1) is 5.52 Å². The zero-order valence-electron chi connectivity index (χ0n) is 12.4. The first-order valence-electron chi connectivity index (χ1n) is 7.12. The number of alkyl halides is 1. The summed E-state index contributed by atoms with van der Waals surface area (Å²) in [6, 6.07) is 17.3. The van der Waals surface area contributed by atoms with Crippen LogP contribution in [0.3, 0.4) is 0 Å². The van der Waals surface area contributed by atoms with E-state index in [0.29, 0.717) is 0 Å². The highest BCUT2D eigenvalue weighted by Crippen LogP contribution is 2.21. The van der Waals surface area contributed by atoms with Gasteiger partial charge in [0, 0.05) is 17.1 Å². The van der Waals surface area contributed by atoms with E-state index in [2.05, 4.69) is 34.5 Å². The third kappa shape index (κ3) is 4.31. The highest BCUT2D eigenvalue weighted by Gasteiger charge is 1.98. The minimum Gasteiger partial charge on any atom is -0.507 e. The molecule has 3 aromatic rings. The summed E-state index contributed by atoms with van der Waals surface area (Å²) in [6.07, 6.45) is 5.71. The van der Waals surface area contributed by atoms with E-state index >= 15 is 0 Å². The molecule has 0 aliphatic heterocycles. The van der Waals surface area contributed by atoms with Crippen molar-refractivity contribution < 1.29 is 5.11 Å². The lowest BCUT2D eigenvalue weighted by atomic mass is 10.1. The molecule has 3 heteroatoms. The molecule has 0 bridgehead atoms. The van der Waals surface area contributed by atoms with Crippen molar-refractivity contribution >= 4 is 45.6 Å². The molecular weight excluding hydrogens is 385 g/mol. The number of pyridine rings is 1. The summed E-state index contributed by atoms with van der Waals surface area (Å²) in [5.41, 5.74) is 2.87. The lowest BCUT2D eigenvalue weighted by Crippen LogP contribution is -1.81. The van der Waals surface area contributed by atoms with E-state index in [9.17, 15) is 5.11 Å². The Labute approximate surface area is 144 Å². The molecule has 1 aromatic heterocycles. The van der Waals surface area contributed by atoms with Crippen LogP contribution in [0.4, 0.5) is 0 Å². The van der Waals surface area contributed by atoms with Gasteiger partial charge in [-0.05, 0) is 28.2 Å². The molecule has 0 fully saturated rings. The molecule has 1 N–H and O–H groups in total. The van der Waals surface area contributed by atoms with E-state index in [1.807, 2.05) is 60.7 Å². The standard InChI is InChI=1S/C17H13NO.C2H5I/c19-17-8-4-1-5-14(17)10-9-13-11-12-18-16-7-3-2-6-15(13)16;1-2-3/h1-12,19H;2H2,1H3. The number of phenolic OH excluding ortho intramolecular Hbond substituents is 1. The smallest absolute Gasteiger partial charge is 0.122 e. The van der Waals surface area contributed by atoms with Crippen molar-refractivity contribution in [2.45, 2.75) is 6.92 Å². The summed E-state index contributed by atoms with van der Waals surface area (Å²) >= 11 is 2.29. The van der Waals surface area contributed by atoms with Crippen LogP contribution < -0.4 is 0 Å². The van der Waals surface area contributed by atoms with Crippen LogP contribution in [-0.4, -0.2) is 14.5 Å². The van der Waals surface area contributed by atoms with Crippen molar-refractivity contribution in [2.24, 2.45) is 0 Å². The average Bonchev–Trinajstić information content (AvgIpc) is 2.55. The van der Waals surface area contributed by atoms with Crippen LogP contribution in [0.5, 0.6) is 5.75 Å². The first-order chi connectivity index (χ1) is 10.8. The first kappa shape index (κ1) is 16.5. The fraction of sp³-hybridized carbons (Fsp3) is 0.105. The lowest BCUT2D eigenvalue weighted by molar-refractivity contribution is 0.474. The Morgan fingerprint density at radius 3 is 2.36 bits per heavy atom. The number of para-hydroxylation sites is 2. The number of phenols is 1. The molecule has 22 heavy (non-hydrogen) atoms. The van der Waals surface area contributed by atoms with Crippen LogP contribution in [0, 0.1) is 0 Å². The molecule has 0 amide bonds. The maximum atomic E-state index is 9.74. The van der Waals surface area contributed by atoms with Gasteiger partial charge in [0.15, 0.2) is 0 Å². The highest BCUT2D eigenvalue weighted by molar-refractivity contribution is 14.1. The average molecular weight is 403 g/mol. The lowest BCUT2D eigenvalue weighted by Gasteiger charge is -2.01. The minimum atomic E-state index is 0.289. The van der Waals surface area contributed by atoms with Crippen LogP contribution in [0.1, 0.15) is 18.1 Å². The van der Waals surface area contributed by atoms with Crippen LogP contribution in [-0.2, 0) is 0 Å². The Kier molecular flexibility index (Phi) is 6.40. The molecule has 0 atom stereocenters. The molecule has 0 aliphatic rings. The van der Waals surface area contributed by atoms with Crippen LogP contribution >= 0.6 is 22.6 Å². The molecule has 2 nitrogen and oxygen atoms in total.